The van der Waals surface area contributed by atoms with E-state index >= 15 is 0 Å². The number of aliphatic imine (C=N–C) groups is 2. The summed E-state index contributed by atoms with van der Waals surface area (Å²) in [6, 6.07) is 1.01. The second-order valence-corrected chi connectivity index (χ2v) is 7.72. The van der Waals surface area contributed by atoms with Crippen LogP contribution in [0.3, 0.4) is 0 Å². The van der Waals surface area contributed by atoms with E-state index in [1.165, 1.54) is 26.6 Å². The number of methoxy groups -OCH3 is 1. The number of anilines is 1. The molecule has 35 heavy (non-hydrogen) atoms. The van der Waals surface area contributed by atoms with Gasteiger partial charge in [0, 0.05) is 32.2 Å². The van der Waals surface area contributed by atoms with E-state index in [4.69, 9.17) is 9.47 Å². The van der Waals surface area contributed by atoms with E-state index in [2.05, 4.69) is 44.5 Å². The average molecular weight is 492 g/mol. The Bertz CT molecular complexity index is 1060. The number of hydrogen-bond donors (Lipinski definition) is 2. The van der Waals surface area contributed by atoms with Crippen molar-refractivity contribution < 1.29 is 23.0 Å². The first-order chi connectivity index (χ1) is 16.9. The molecule has 1 aromatic carbocycles. The van der Waals surface area contributed by atoms with Crippen molar-refractivity contribution in [2.75, 3.05) is 39.1 Å². The zero-order valence-electron chi connectivity index (χ0n) is 20.3. The zero-order valence-corrected chi connectivity index (χ0v) is 20.3. The molecule has 1 aliphatic rings. The van der Waals surface area contributed by atoms with Crippen LogP contribution in [0.2, 0.25) is 0 Å². The number of amides is 1. The Balaban J connectivity index is 1.57. The second-order valence-electron chi connectivity index (χ2n) is 7.72. The number of aromatic nitrogens is 2. The van der Waals surface area contributed by atoms with Crippen molar-refractivity contribution in [2.24, 2.45) is 9.98 Å². The van der Waals surface area contributed by atoms with Gasteiger partial charge in [-0.1, -0.05) is 13.8 Å². The summed E-state index contributed by atoms with van der Waals surface area (Å²) in [6.07, 6.45) is 5.30. The number of nitrogens with one attached hydrogen (secondary N) is 2. The molecular formula is C23H31F2N7O3. The molecule has 1 aliphatic heterocycles. The van der Waals surface area contributed by atoms with Crippen molar-refractivity contribution in [1.82, 2.24) is 20.0 Å². The number of carbonyl (C=O) groups is 1. The van der Waals surface area contributed by atoms with Crippen molar-refractivity contribution in [3.63, 3.8) is 0 Å². The van der Waals surface area contributed by atoms with Gasteiger partial charge in [-0.05, 0) is 19.2 Å². The average Bonchev–Trinajstić information content (AvgIpc) is 3.32. The molecule has 0 atom stereocenters. The lowest BCUT2D eigenvalue weighted by Crippen LogP contribution is -2.27. The molecule has 0 unspecified atom stereocenters. The molecule has 0 saturated carbocycles. The number of ether oxygens (including phenoxy) is 2. The molecular weight excluding hydrogens is 460 g/mol. The molecule has 0 spiro atoms. The molecule has 0 radical (unpaired) electrons. The summed E-state index contributed by atoms with van der Waals surface area (Å²) in [4.78, 5) is 22.8. The van der Waals surface area contributed by atoms with Gasteiger partial charge in [0.15, 0.2) is 11.6 Å². The van der Waals surface area contributed by atoms with Crippen molar-refractivity contribution in [2.45, 2.75) is 39.4 Å². The van der Waals surface area contributed by atoms with Crippen LogP contribution in [0.15, 0.2) is 28.4 Å². The number of benzene rings is 1. The lowest BCUT2D eigenvalue weighted by atomic mass is 10.1. The topological polar surface area (TPSA) is 105 Å². The molecule has 0 bridgehead atoms. The Kier molecular flexibility index (Phi) is 9.26. The zero-order chi connectivity index (χ0) is 25.4. The van der Waals surface area contributed by atoms with E-state index in [1.807, 2.05) is 10.9 Å². The van der Waals surface area contributed by atoms with Gasteiger partial charge in [0.1, 0.15) is 11.9 Å². The lowest BCUT2D eigenvalue weighted by molar-refractivity contribution is 0.0955. The predicted octanol–water partition coefficient (Wildman–Crippen LogP) is 2.31. The highest BCUT2D eigenvalue weighted by Gasteiger charge is 2.24. The normalized spacial score (nSPS) is 17.1. The fourth-order valence-electron chi connectivity index (χ4n) is 3.48. The van der Waals surface area contributed by atoms with Crippen LogP contribution in [0.1, 0.15) is 29.8 Å². The molecule has 2 N–H and O–H groups in total. The van der Waals surface area contributed by atoms with Crippen LogP contribution in [0.4, 0.5) is 14.5 Å². The van der Waals surface area contributed by atoms with Crippen LogP contribution in [0, 0.1) is 11.6 Å². The molecule has 0 saturated heterocycles. The third kappa shape index (κ3) is 6.61. The van der Waals surface area contributed by atoms with Crippen molar-refractivity contribution >= 4 is 24.0 Å². The van der Waals surface area contributed by atoms with E-state index in [1.54, 1.807) is 6.20 Å². The monoisotopic (exact) mass is 491 g/mol. The number of halogens is 2. The van der Waals surface area contributed by atoms with Gasteiger partial charge in [-0.3, -0.25) is 9.48 Å². The van der Waals surface area contributed by atoms with E-state index < -0.39 is 42.1 Å². The molecule has 10 nitrogen and oxygen atoms in total. The molecule has 1 aromatic heterocycles. The summed E-state index contributed by atoms with van der Waals surface area (Å²) in [5, 5.41) is 9.80. The Morgan fingerprint density at radius 3 is 2.54 bits per heavy atom. The number of carbonyl (C=O) groups excluding carboxylic acids is 1. The van der Waals surface area contributed by atoms with Gasteiger partial charge in [-0.2, -0.15) is 5.10 Å². The summed E-state index contributed by atoms with van der Waals surface area (Å²) < 4.78 is 41.7. The summed E-state index contributed by atoms with van der Waals surface area (Å²) in [5.74, 6) is -2.89. The fraction of sp³-hybridized carbons (Fsp3) is 0.478. The molecule has 3 rings (SSSR count). The first kappa shape index (κ1) is 26.2. The molecule has 0 aliphatic carbocycles. The predicted molar refractivity (Wildman–Crippen MR) is 129 cm³/mol. The second kappa shape index (κ2) is 12.4. The molecule has 0 fully saturated rings. The quantitative estimate of drug-likeness (QED) is 0.472. The number of likely N-dealkylation sites (N-methyl/N-ethyl adjacent to an activating group) is 1. The van der Waals surface area contributed by atoms with Crippen LogP contribution < -0.4 is 15.4 Å². The van der Waals surface area contributed by atoms with Gasteiger partial charge in [-0.25, -0.2) is 18.8 Å². The first-order valence-corrected chi connectivity index (χ1v) is 11.4. The highest BCUT2D eigenvalue weighted by Crippen LogP contribution is 2.27. The summed E-state index contributed by atoms with van der Waals surface area (Å²) in [7, 11) is 2.58. The maximum atomic E-state index is 14.8. The van der Waals surface area contributed by atoms with E-state index in [0.29, 0.717) is 0 Å². The first-order valence-electron chi connectivity index (χ1n) is 11.4. The van der Waals surface area contributed by atoms with Crippen LogP contribution >= 0.6 is 0 Å². The van der Waals surface area contributed by atoms with Gasteiger partial charge >= 0.3 is 0 Å². The van der Waals surface area contributed by atoms with Gasteiger partial charge in [-0.15, -0.1) is 0 Å². The van der Waals surface area contributed by atoms with Gasteiger partial charge in [0.2, 0.25) is 6.29 Å². The summed E-state index contributed by atoms with van der Waals surface area (Å²) in [6.45, 7) is 7.47. The fourth-order valence-corrected chi connectivity index (χ4v) is 3.48. The van der Waals surface area contributed by atoms with Crippen LogP contribution in [0.25, 0.3) is 0 Å². The minimum atomic E-state index is -1.01. The Morgan fingerprint density at radius 1 is 1.20 bits per heavy atom. The van der Waals surface area contributed by atoms with Crippen LogP contribution in [0.5, 0.6) is 5.75 Å². The van der Waals surface area contributed by atoms with Crippen LogP contribution in [-0.4, -0.2) is 79.2 Å². The SMILES string of the molecule is CCN(CC)CCn1cc(NC2N=CC(OCc3c(F)c(OC)cc(C(=O)NC)c3F)C=N2)cn1. The summed E-state index contributed by atoms with van der Waals surface area (Å²) in [5.41, 5.74) is 0.0184. The van der Waals surface area contributed by atoms with Gasteiger partial charge in [0.05, 0.1) is 43.3 Å². The van der Waals surface area contributed by atoms with Gasteiger partial charge < -0.3 is 25.0 Å². The van der Waals surface area contributed by atoms with E-state index in [-0.39, 0.29) is 11.3 Å². The maximum absolute atomic E-state index is 14.8. The van der Waals surface area contributed by atoms with Crippen molar-refractivity contribution in [3.8, 4) is 5.75 Å². The van der Waals surface area contributed by atoms with Crippen molar-refractivity contribution in [1.29, 1.82) is 0 Å². The highest BCUT2D eigenvalue weighted by molar-refractivity contribution is 5.95. The molecule has 190 valence electrons. The molecule has 12 heteroatoms. The molecule has 2 heterocycles. The minimum absolute atomic E-state index is 0.253. The number of rotatable bonds is 12. The standard InChI is InChI=1S/C23H31F2N7O3/c1-5-31(6-2)7-8-32-13-15(10-29-32)30-23-27-11-16(12-28-23)35-14-18-20(24)17(22(33)26-3)9-19(34-4)21(18)25/h9-13,16,23,30H,5-8,14H2,1-4H3,(H,26,33). The minimum Gasteiger partial charge on any atom is -0.494 e. The Labute approximate surface area is 203 Å². The Hall–Kier alpha value is -3.38. The third-order valence-electron chi connectivity index (χ3n) is 5.59. The lowest BCUT2D eigenvalue weighted by Gasteiger charge is -2.18. The largest absolute Gasteiger partial charge is 0.494 e. The van der Waals surface area contributed by atoms with Crippen molar-refractivity contribution in [3.05, 3.63) is 41.2 Å². The molecule has 1 amide bonds. The summed E-state index contributed by atoms with van der Waals surface area (Å²) >= 11 is 0. The smallest absolute Gasteiger partial charge is 0.254 e. The Morgan fingerprint density at radius 2 is 1.91 bits per heavy atom. The third-order valence-corrected chi connectivity index (χ3v) is 5.59. The van der Waals surface area contributed by atoms with Crippen LogP contribution in [-0.2, 0) is 17.9 Å². The highest BCUT2D eigenvalue weighted by atomic mass is 19.1. The molecule has 2 aromatic rings. The number of hydrogen-bond acceptors (Lipinski definition) is 8. The number of nitrogens with zero attached hydrogens (tertiary/aromatic N) is 5. The van der Waals surface area contributed by atoms with E-state index in [0.717, 1.165) is 37.9 Å². The maximum Gasteiger partial charge on any atom is 0.254 e. The van der Waals surface area contributed by atoms with Gasteiger partial charge in [0.25, 0.3) is 5.91 Å². The van der Waals surface area contributed by atoms with E-state index in [9.17, 15) is 13.6 Å².